The summed E-state index contributed by atoms with van der Waals surface area (Å²) in [5.74, 6) is 0. The van der Waals surface area contributed by atoms with Crippen LogP contribution in [0, 0.1) is 48.5 Å². The molecule has 0 N–H and O–H groups in total. The van der Waals surface area contributed by atoms with Crippen LogP contribution in [0.1, 0.15) is 38.9 Å². The van der Waals surface area contributed by atoms with Crippen LogP contribution in [0.2, 0.25) is 0 Å². The molecule has 0 radical (unpaired) electrons. The Hall–Kier alpha value is -6.92. The van der Waals surface area contributed by atoms with Gasteiger partial charge in [0, 0.05) is 47.4 Å². The molecule has 0 spiro atoms. The number of fused-ring (bicyclic) bond motifs is 7. The van der Waals surface area contributed by atoms with E-state index in [-0.39, 0.29) is 0 Å². The average Bonchev–Trinajstić information content (AvgIpc) is 3.63. The number of benzene rings is 9. The van der Waals surface area contributed by atoms with Crippen molar-refractivity contribution < 1.29 is 0 Å². The van der Waals surface area contributed by atoms with Gasteiger partial charge < -0.3 is 14.4 Å². The molecule has 10 aromatic rings. The predicted octanol–water partition coefficient (Wildman–Crippen LogP) is 18.2. The first-order valence-corrected chi connectivity index (χ1v) is 24.3. The van der Waals surface area contributed by atoms with Gasteiger partial charge in [-0.1, -0.05) is 136 Å². The number of rotatable bonds is 3. The van der Waals surface area contributed by atoms with E-state index in [1.54, 1.807) is 0 Å². The fourth-order valence-corrected chi connectivity index (χ4v) is 11.2. The van der Waals surface area contributed by atoms with E-state index in [0.29, 0.717) is 0 Å². The summed E-state index contributed by atoms with van der Waals surface area (Å²) in [5.41, 5.74) is 20.3. The molecule has 0 saturated carbocycles. The molecular weight excluding hydrogens is 839 g/mol. The molecule has 0 atom stereocenters. The first kappa shape index (κ1) is 43.0. The third-order valence-corrected chi connectivity index (χ3v) is 14.5. The van der Waals surface area contributed by atoms with E-state index in [0.717, 1.165) is 0 Å². The van der Waals surface area contributed by atoms with E-state index >= 15 is 0 Å². The summed E-state index contributed by atoms with van der Waals surface area (Å²) in [6, 6.07) is 70.3. The van der Waals surface area contributed by atoms with Crippen LogP contribution < -0.4 is 9.80 Å². The number of hydrogen-bond donors (Lipinski definition) is 0. The SMILES string of the molecule is Cc1ccc(-n2c3ccc(C)cc3c3cc(C)ccc32)cc1.Cc1ccc(N2c3ccc(C)cc3Sc3cc(C)ccc32)cc1.Cc1ccc(N2c3ccccc3Sc3ccccc32)cc1. The van der Waals surface area contributed by atoms with Gasteiger partial charge in [0.2, 0.25) is 0 Å². The Morgan fingerprint density at radius 3 is 1.02 bits per heavy atom. The normalized spacial score (nSPS) is 12.3. The Morgan fingerprint density at radius 1 is 0.273 bits per heavy atom. The van der Waals surface area contributed by atoms with Crippen molar-refractivity contribution in [2.75, 3.05) is 9.80 Å². The van der Waals surface area contributed by atoms with Crippen molar-refractivity contribution in [3.8, 4) is 5.69 Å². The molecule has 324 valence electrons. The summed E-state index contributed by atoms with van der Waals surface area (Å²) in [6.45, 7) is 15.0. The Morgan fingerprint density at radius 2 is 0.591 bits per heavy atom. The second-order valence-electron chi connectivity index (χ2n) is 17.6. The van der Waals surface area contributed by atoms with Crippen molar-refractivity contribution in [1.29, 1.82) is 0 Å². The zero-order valence-corrected chi connectivity index (χ0v) is 40.3. The lowest BCUT2D eigenvalue weighted by atomic mass is 10.1. The van der Waals surface area contributed by atoms with E-state index in [1.807, 2.05) is 23.5 Å². The van der Waals surface area contributed by atoms with Gasteiger partial charge in [-0.15, -0.1) is 0 Å². The first-order valence-electron chi connectivity index (χ1n) is 22.6. The number of anilines is 6. The van der Waals surface area contributed by atoms with Crippen molar-refractivity contribution in [3.63, 3.8) is 0 Å². The Kier molecular flexibility index (Phi) is 11.8. The van der Waals surface area contributed by atoms with Gasteiger partial charge in [-0.25, -0.2) is 0 Å². The minimum absolute atomic E-state index is 1.21. The lowest BCUT2D eigenvalue weighted by molar-refractivity contribution is 1.15. The van der Waals surface area contributed by atoms with Gasteiger partial charge in [0.25, 0.3) is 0 Å². The van der Waals surface area contributed by atoms with Crippen molar-refractivity contribution in [2.24, 2.45) is 0 Å². The second-order valence-corrected chi connectivity index (χ2v) is 19.8. The fraction of sp³-hybridized carbons (Fsp3) is 0.115. The van der Waals surface area contributed by atoms with Crippen LogP contribution in [-0.2, 0) is 0 Å². The second kappa shape index (κ2) is 18.2. The Balaban J connectivity index is 0.000000116. The maximum Gasteiger partial charge on any atom is 0.0601 e. The van der Waals surface area contributed by atoms with Crippen molar-refractivity contribution >= 4 is 79.5 Å². The smallest absolute Gasteiger partial charge is 0.0601 e. The molecule has 0 fully saturated rings. The fourth-order valence-electron chi connectivity index (χ4n) is 8.90. The van der Waals surface area contributed by atoms with Crippen LogP contribution in [0.3, 0.4) is 0 Å². The van der Waals surface area contributed by atoms with Crippen molar-refractivity contribution in [3.05, 3.63) is 233 Å². The highest BCUT2D eigenvalue weighted by atomic mass is 32.2. The van der Waals surface area contributed by atoms with Crippen LogP contribution >= 0.6 is 23.5 Å². The van der Waals surface area contributed by atoms with E-state index in [4.69, 9.17) is 0 Å². The molecule has 3 heterocycles. The number of aryl methyl sites for hydroxylation is 7. The molecule has 66 heavy (non-hydrogen) atoms. The average molecular weight is 892 g/mol. The molecule has 0 saturated heterocycles. The largest absolute Gasteiger partial charge is 0.309 e. The molecule has 0 unspecified atom stereocenters. The van der Waals surface area contributed by atoms with Gasteiger partial charge in [0.1, 0.15) is 0 Å². The standard InChI is InChI=1S/C21H19NS.C21H19N.C19H15NS/c1-14-4-8-17(9-5-14)22-18-10-6-15(2)12-20(18)23-21-13-16(3)7-11-19(21)22;1-14-4-8-17(9-5-14)22-20-10-6-15(2)12-18(20)19-13-16(3)7-11-21(19)22;1-14-10-12-15(13-11-14)20-16-6-2-4-8-18(16)21-19-9-5-3-7-17(19)20/h4-13H,1-3H3;4-13H,1-3H3;2-13H,1H3. The number of para-hydroxylation sites is 2. The minimum atomic E-state index is 1.21. The van der Waals surface area contributed by atoms with Gasteiger partial charge in [0.05, 0.1) is 33.8 Å². The van der Waals surface area contributed by atoms with E-state index < -0.39 is 0 Å². The predicted molar refractivity (Wildman–Crippen MR) is 284 cm³/mol. The number of aromatic nitrogens is 1. The van der Waals surface area contributed by atoms with Crippen LogP contribution in [0.25, 0.3) is 27.5 Å². The van der Waals surface area contributed by atoms with Crippen molar-refractivity contribution in [1.82, 2.24) is 4.57 Å². The molecular formula is C61H53N3S2. The molecule has 3 nitrogen and oxygen atoms in total. The van der Waals surface area contributed by atoms with Crippen LogP contribution in [0.4, 0.5) is 34.1 Å². The zero-order chi connectivity index (χ0) is 45.5. The van der Waals surface area contributed by atoms with Crippen molar-refractivity contribution in [2.45, 2.75) is 68.0 Å². The summed E-state index contributed by atoms with van der Waals surface area (Å²) in [6.07, 6.45) is 0. The zero-order valence-electron chi connectivity index (χ0n) is 38.6. The number of nitrogens with zero attached hydrogens (tertiary/aromatic N) is 3. The summed E-state index contributed by atoms with van der Waals surface area (Å²) in [4.78, 5) is 9.97. The monoisotopic (exact) mass is 891 g/mol. The lowest BCUT2D eigenvalue weighted by Gasteiger charge is -2.33. The maximum absolute atomic E-state index is 2.37. The molecule has 2 aliphatic rings. The van der Waals surface area contributed by atoms with Gasteiger partial charge in [-0.3, -0.25) is 0 Å². The van der Waals surface area contributed by atoms with E-state index in [2.05, 4.69) is 257 Å². The molecule has 0 aliphatic carbocycles. The highest BCUT2D eigenvalue weighted by Gasteiger charge is 2.26. The van der Waals surface area contributed by atoms with E-state index in [1.165, 1.54) is 120 Å². The topological polar surface area (TPSA) is 11.4 Å². The van der Waals surface area contributed by atoms with Gasteiger partial charge in [-0.2, -0.15) is 0 Å². The maximum atomic E-state index is 2.37. The van der Waals surface area contributed by atoms with Gasteiger partial charge >= 0.3 is 0 Å². The quantitative estimate of drug-likeness (QED) is 0.175. The summed E-state index contributed by atoms with van der Waals surface area (Å²) in [7, 11) is 0. The van der Waals surface area contributed by atoms with Crippen LogP contribution in [0.5, 0.6) is 0 Å². The molecule has 12 rings (SSSR count). The molecule has 2 aliphatic heterocycles. The minimum Gasteiger partial charge on any atom is -0.309 e. The lowest BCUT2D eigenvalue weighted by Crippen LogP contribution is -2.15. The molecule has 1 aromatic heterocycles. The Labute approximate surface area is 398 Å². The molecule has 0 bridgehead atoms. The van der Waals surface area contributed by atoms with Gasteiger partial charge in [0.15, 0.2) is 0 Å². The summed E-state index contributed by atoms with van der Waals surface area (Å²) >= 11 is 3.71. The Bertz CT molecular complexity index is 3230. The summed E-state index contributed by atoms with van der Waals surface area (Å²) in [5, 5.41) is 2.67. The third-order valence-electron chi connectivity index (χ3n) is 12.3. The molecule has 5 heteroatoms. The highest BCUT2D eigenvalue weighted by molar-refractivity contribution is 8.00. The number of hydrogen-bond acceptors (Lipinski definition) is 4. The molecule has 9 aromatic carbocycles. The first-order chi connectivity index (χ1) is 32.1. The van der Waals surface area contributed by atoms with E-state index in [9.17, 15) is 0 Å². The van der Waals surface area contributed by atoms with Gasteiger partial charge in [-0.05, 0) is 169 Å². The third kappa shape index (κ3) is 8.53. The van der Waals surface area contributed by atoms with Crippen LogP contribution in [0.15, 0.2) is 214 Å². The van der Waals surface area contributed by atoms with Crippen LogP contribution in [-0.4, -0.2) is 4.57 Å². The molecule has 0 amide bonds. The highest BCUT2D eigenvalue weighted by Crippen LogP contribution is 2.53. The summed E-state index contributed by atoms with van der Waals surface area (Å²) < 4.78 is 2.36.